The van der Waals surface area contributed by atoms with E-state index >= 15 is 0 Å². The monoisotopic (exact) mass is 289 g/mol. The second kappa shape index (κ2) is 5.44. The van der Waals surface area contributed by atoms with E-state index in [1.54, 1.807) is 0 Å². The number of rotatable bonds is 4. The van der Waals surface area contributed by atoms with Crippen LogP contribution < -0.4 is 16.6 Å². The minimum absolute atomic E-state index is 0.488. The van der Waals surface area contributed by atoms with Crippen LogP contribution in [0.25, 0.3) is 0 Å². The van der Waals surface area contributed by atoms with E-state index in [9.17, 15) is 0 Å². The minimum Gasteiger partial charge on any atom is -0.367 e. The molecule has 5 heteroatoms. The highest BCUT2D eigenvalue weighted by molar-refractivity contribution is 5.57. The van der Waals surface area contributed by atoms with Crippen LogP contribution in [0.3, 0.4) is 0 Å². The van der Waals surface area contributed by atoms with Crippen LogP contribution in [0.4, 0.5) is 11.6 Å². The lowest BCUT2D eigenvalue weighted by molar-refractivity contribution is 0.232. The van der Waals surface area contributed by atoms with Crippen molar-refractivity contribution in [3.05, 3.63) is 11.4 Å². The molecule has 2 saturated carbocycles. The van der Waals surface area contributed by atoms with Gasteiger partial charge < -0.3 is 10.7 Å². The summed E-state index contributed by atoms with van der Waals surface area (Å²) in [6.07, 6.45) is 7.36. The number of nitrogens with zero attached hydrogens (tertiary/aromatic N) is 2. The Hall–Kier alpha value is -1.36. The number of hydrazine groups is 1. The summed E-state index contributed by atoms with van der Waals surface area (Å²) in [5.74, 6) is 8.80. The van der Waals surface area contributed by atoms with Crippen molar-refractivity contribution in [1.82, 2.24) is 9.97 Å². The van der Waals surface area contributed by atoms with Crippen LogP contribution in [-0.2, 0) is 0 Å². The first-order valence-electron chi connectivity index (χ1n) is 8.10. The molecule has 2 fully saturated rings. The Morgan fingerprint density at radius 2 is 1.67 bits per heavy atom. The first kappa shape index (κ1) is 14.6. The number of hydrogen-bond acceptors (Lipinski definition) is 5. The van der Waals surface area contributed by atoms with Crippen molar-refractivity contribution in [3.8, 4) is 0 Å². The van der Waals surface area contributed by atoms with Crippen LogP contribution in [0.1, 0.15) is 69.7 Å². The quantitative estimate of drug-likeness (QED) is 0.585. The fraction of sp³-hybridized carbons (Fsp3) is 0.750. The van der Waals surface area contributed by atoms with Gasteiger partial charge in [0, 0.05) is 17.5 Å². The third-order valence-electron chi connectivity index (χ3n) is 4.92. The number of nitrogen functional groups attached to an aromatic ring is 1. The molecule has 2 aliphatic carbocycles. The van der Waals surface area contributed by atoms with Gasteiger partial charge in [0.15, 0.2) is 0 Å². The van der Waals surface area contributed by atoms with Crippen LogP contribution in [-0.4, -0.2) is 16.0 Å². The molecule has 4 N–H and O–H groups in total. The van der Waals surface area contributed by atoms with Crippen molar-refractivity contribution in [2.24, 2.45) is 11.3 Å². The molecule has 3 rings (SSSR count). The zero-order chi connectivity index (χ0) is 15.0. The maximum absolute atomic E-state index is 5.61. The Morgan fingerprint density at radius 1 is 1.05 bits per heavy atom. The van der Waals surface area contributed by atoms with Gasteiger partial charge in [-0.3, -0.25) is 0 Å². The van der Waals surface area contributed by atoms with Crippen molar-refractivity contribution in [2.45, 2.75) is 71.3 Å². The Balaban J connectivity index is 1.76. The summed E-state index contributed by atoms with van der Waals surface area (Å²) in [6.45, 7) is 6.75. The van der Waals surface area contributed by atoms with Crippen molar-refractivity contribution in [1.29, 1.82) is 0 Å². The molecule has 116 valence electrons. The van der Waals surface area contributed by atoms with Gasteiger partial charge in [-0.05, 0) is 50.9 Å². The summed E-state index contributed by atoms with van der Waals surface area (Å²) in [5, 5.41) is 3.64. The first-order chi connectivity index (χ1) is 9.98. The van der Waals surface area contributed by atoms with Crippen LogP contribution in [0.15, 0.2) is 0 Å². The van der Waals surface area contributed by atoms with Crippen LogP contribution >= 0.6 is 0 Å². The molecule has 0 atom stereocenters. The molecule has 0 spiro atoms. The van der Waals surface area contributed by atoms with Gasteiger partial charge in [0.25, 0.3) is 0 Å². The predicted molar refractivity (Wildman–Crippen MR) is 86.2 cm³/mol. The summed E-state index contributed by atoms with van der Waals surface area (Å²) in [5.41, 5.74) is 4.23. The fourth-order valence-corrected chi connectivity index (χ4v) is 3.08. The second-order valence-corrected chi connectivity index (χ2v) is 7.41. The van der Waals surface area contributed by atoms with Crippen LogP contribution in [0.5, 0.6) is 0 Å². The van der Waals surface area contributed by atoms with Crippen LogP contribution in [0.2, 0.25) is 0 Å². The minimum atomic E-state index is 0.488. The highest BCUT2D eigenvalue weighted by Crippen LogP contribution is 2.40. The average molecular weight is 289 g/mol. The predicted octanol–water partition coefficient (Wildman–Crippen LogP) is 3.33. The van der Waals surface area contributed by atoms with E-state index in [1.807, 2.05) is 6.92 Å². The molecular formula is C16H27N5. The first-order valence-corrected chi connectivity index (χ1v) is 8.10. The summed E-state index contributed by atoms with van der Waals surface area (Å²) >= 11 is 0. The van der Waals surface area contributed by atoms with E-state index in [4.69, 9.17) is 10.8 Å². The van der Waals surface area contributed by atoms with Gasteiger partial charge in [0.2, 0.25) is 0 Å². The average Bonchev–Trinajstić information content (AvgIpc) is 3.28. The number of anilines is 2. The van der Waals surface area contributed by atoms with Gasteiger partial charge in [-0.25, -0.2) is 15.8 Å². The van der Waals surface area contributed by atoms with E-state index in [0.29, 0.717) is 17.4 Å². The molecule has 2 aliphatic rings. The van der Waals surface area contributed by atoms with Gasteiger partial charge in [-0.15, -0.1) is 0 Å². The molecule has 0 radical (unpaired) electrons. The molecule has 0 aromatic carbocycles. The highest BCUT2D eigenvalue weighted by Gasteiger charge is 2.30. The van der Waals surface area contributed by atoms with Gasteiger partial charge >= 0.3 is 0 Å². The van der Waals surface area contributed by atoms with Crippen molar-refractivity contribution >= 4 is 11.6 Å². The van der Waals surface area contributed by atoms with E-state index in [2.05, 4.69) is 29.6 Å². The molecule has 0 amide bonds. The molecule has 1 heterocycles. The number of nitrogens with two attached hydrogens (primary N) is 1. The topological polar surface area (TPSA) is 75.9 Å². The van der Waals surface area contributed by atoms with Gasteiger partial charge in [0.05, 0.1) is 0 Å². The Kier molecular flexibility index (Phi) is 3.78. The number of hydrogen-bond donors (Lipinski definition) is 3. The van der Waals surface area contributed by atoms with Gasteiger partial charge in [-0.1, -0.05) is 13.8 Å². The molecule has 0 aliphatic heterocycles. The molecule has 21 heavy (non-hydrogen) atoms. The summed E-state index contributed by atoms with van der Waals surface area (Å²) < 4.78 is 0. The largest absolute Gasteiger partial charge is 0.367 e. The Labute approximate surface area is 127 Å². The third kappa shape index (κ3) is 3.28. The smallest absolute Gasteiger partial charge is 0.148 e. The zero-order valence-corrected chi connectivity index (χ0v) is 13.4. The maximum Gasteiger partial charge on any atom is 0.148 e. The van der Waals surface area contributed by atoms with Crippen molar-refractivity contribution in [3.63, 3.8) is 0 Å². The standard InChI is InChI=1S/C16H27N5/c1-10-13(18-12-6-8-16(2,3)9-7-12)19-15(11-4-5-11)20-14(10)21-17/h11-12H,4-9,17H2,1-3H3,(H2,18,19,20,21). The summed E-state index contributed by atoms with van der Waals surface area (Å²) in [7, 11) is 0. The van der Waals surface area contributed by atoms with Crippen molar-refractivity contribution in [2.75, 3.05) is 10.7 Å². The highest BCUT2D eigenvalue weighted by atomic mass is 15.3. The van der Waals surface area contributed by atoms with E-state index < -0.39 is 0 Å². The van der Waals surface area contributed by atoms with E-state index in [0.717, 1.165) is 23.0 Å². The number of aromatic nitrogens is 2. The lowest BCUT2D eigenvalue weighted by Gasteiger charge is -2.35. The fourth-order valence-electron chi connectivity index (χ4n) is 3.08. The molecule has 0 bridgehead atoms. The normalized spacial score (nSPS) is 22.1. The molecule has 5 nitrogen and oxygen atoms in total. The van der Waals surface area contributed by atoms with E-state index in [-0.39, 0.29) is 0 Å². The van der Waals surface area contributed by atoms with Gasteiger partial charge in [0.1, 0.15) is 17.5 Å². The molecule has 0 unspecified atom stereocenters. The van der Waals surface area contributed by atoms with Gasteiger partial charge in [-0.2, -0.15) is 0 Å². The van der Waals surface area contributed by atoms with Crippen LogP contribution in [0, 0.1) is 12.3 Å². The lowest BCUT2D eigenvalue weighted by atomic mass is 9.75. The summed E-state index contributed by atoms with van der Waals surface area (Å²) in [4.78, 5) is 9.30. The van der Waals surface area contributed by atoms with Crippen molar-refractivity contribution < 1.29 is 0 Å². The Morgan fingerprint density at radius 3 is 2.24 bits per heavy atom. The molecule has 1 aromatic rings. The SMILES string of the molecule is Cc1c(NN)nc(C2CC2)nc1NC1CCC(C)(C)CC1. The van der Waals surface area contributed by atoms with E-state index in [1.165, 1.54) is 38.5 Å². The third-order valence-corrected chi connectivity index (χ3v) is 4.92. The zero-order valence-electron chi connectivity index (χ0n) is 13.4. The number of nitrogens with one attached hydrogen (secondary N) is 2. The molecular weight excluding hydrogens is 262 g/mol. The lowest BCUT2D eigenvalue weighted by Crippen LogP contribution is -2.30. The summed E-state index contributed by atoms with van der Waals surface area (Å²) in [6, 6.07) is 0.518. The maximum atomic E-state index is 5.61. The second-order valence-electron chi connectivity index (χ2n) is 7.41. The molecule has 1 aromatic heterocycles. The Bertz CT molecular complexity index is 512. The molecule has 0 saturated heterocycles.